The van der Waals surface area contributed by atoms with Crippen molar-refractivity contribution in [2.75, 3.05) is 17.3 Å². The van der Waals surface area contributed by atoms with Crippen LogP contribution in [-0.4, -0.2) is 13.0 Å². The molecule has 1 amide bonds. The van der Waals surface area contributed by atoms with Crippen molar-refractivity contribution in [1.82, 2.24) is 0 Å². The zero-order valence-electron chi connectivity index (χ0n) is 15.4. The Bertz CT molecular complexity index is 1080. The smallest absolute Gasteiger partial charge is 0.342 e. The van der Waals surface area contributed by atoms with E-state index >= 15 is 0 Å². The van der Waals surface area contributed by atoms with Gasteiger partial charge in [-0.3, -0.25) is 4.79 Å². The molecule has 0 heterocycles. The van der Waals surface area contributed by atoms with Gasteiger partial charge < -0.3 is 10.2 Å². The number of nitrogens with zero attached hydrogens (tertiary/aromatic N) is 1. The number of carbonyl (C=O) groups is 1. The van der Waals surface area contributed by atoms with Gasteiger partial charge in [-0.25, -0.2) is 13.2 Å². The van der Waals surface area contributed by atoms with E-state index in [4.69, 9.17) is 0 Å². The van der Waals surface area contributed by atoms with E-state index < -0.39 is 40.7 Å². The molecule has 0 bridgehead atoms. The zero-order valence-corrected chi connectivity index (χ0v) is 15.4. The van der Waals surface area contributed by atoms with E-state index in [1.54, 1.807) is 0 Å². The van der Waals surface area contributed by atoms with E-state index in [0.29, 0.717) is 0 Å². The van der Waals surface area contributed by atoms with Crippen LogP contribution in [-0.2, 0) is 6.18 Å². The molecule has 0 fully saturated rings. The third kappa shape index (κ3) is 4.24. The van der Waals surface area contributed by atoms with E-state index in [0.717, 1.165) is 41.3 Å². The highest BCUT2D eigenvalue weighted by Crippen LogP contribution is 2.39. The summed E-state index contributed by atoms with van der Waals surface area (Å²) in [7, 11) is 1.26. The van der Waals surface area contributed by atoms with Crippen LogP contribution in [0.5, 0.6) is 0 Å². The molecule has 0 radical (unpaired) electrons. The number of rotatable bonds is 4. The molecular formula is C21H14F6N2O. The van der Waals surface area contributed by atoms with Crippen LogP contribution in [0.25, 0.3) is 0 Å². The summed E-state index contributed by atoms with van der Waals surface area (Å²) in [6, 6.07) is 10.8. The lowest BCUT2D eigenvalue weighted by molar-refractivity contribution is -0.137. The molecular weight excluding hydrogens is 410 g/mol. The highest BCUT2D eigenvalue weighted by molar-refractivity contribution is 6.04. The molecule has 0 spiro atoms. The summed E-state index contributed by atoms with van der Waals surface area (Å²) in [5.74, 6) is -4.25. The highest BCUT2D eigenvalue weighted by atomic mass is 19.4. The molecule has 0 aromatic heterocycles. The van der Waals surface area contributed by atoms with Gasteiger partial charge in [0.15, 0.2) is 0 Å². The van der Waals surface area contributed by atoms with Crippen molar-refractivity contribution in [2.24, 2.45) is 0 Å². The minimum Gasteiger partial charge on any atom is -0.342 e. The molecule has 1 N–H and O–H groups in total. The number of para-hydroxylation sites is 1. The molecule has 3 rings (SSSR count). The van der Waals surface area contributed by atoms with Crippen LogP contribution < -0.4 is 10.2 Å². The number of carbonyl (C=O) groups excluding carboxylic acids is 1. The SMILES string of the molecule is CN(c1ccc(NC(=O)c2c(F)cccc2F)cc1F)c1ccccc1C(F)(F)F. The number of amides is 1. The molecule has 0 aliphatic carbocycles. The van der Waals surface area contributed by atoms with E-state index in [2.05, 4.69) is 5.32 Å². The average molecular weight is 424 g/mol. The Morgan fingerprint density at radius 3 is 2.07 bits per heavy atom. The van der Waals surface area contributed by atoms with E-state index in [-0.39, 0.29) is 17.1 Å². The minimum absolute atomic E-state index is 0.124. The Hall–Kier alpha value is -3.49. The van der Waals surface area contributed by atoms with Gasteiger partial charge in [-0.05, 0) is 42.5 Å². The van der Waals surface area contributed by atoms with Crippen LogP contribution in [0.1, 0.15) is 15.9 Å². The van der Waals surface area contributed by atoms with E-state index in [9.17, 15) is 31.1 Å². The predicted molar refractivity (Wildman–Crippen MR) is 100 cm³/mol. The second kappa shape index (κ2) is 8.10. The number of benzene rings is 3. The van der Waals surface area contributed by atoms with Gasteiger partial charge in [0.1, 0.15) is 23.0 Å². The molecule has 0 aliphatic heterocycles. The Morgan fingerprint density at radius 2 is 1.47 bits per heavy atom. The quantitative estimate of drug-likeness (QED) is 0.510. The first-order chi connectivity index (χ1) is 14.1. The second-order valence-corrected chi connectivity index (χ2v) is 6.29. The number of halogens is 6. The lowest BCUT2D eigenvalue weighted by Crippen LogP contribution is -2.18. The molecule has 0 unspecified atom stereocenters. The molecule has 30 heavy (non-hydrogen) atoms. The van der Waals surface area contributed by atoms with Gasteiger partial charge in [0, 0.05) is 12.7 Å². The average Bonchev–Trinajstić information content (AvgIpc) is 2.67. The third-order valence-corrected chi connectivity index (χ3v) is 4.33. The molecule has 0 aliphatic rings. The van der Waals surface area contributed by atoms with Crippen LogP contribution in [0.15, 0.2) is 60.7 Å². The fraction of sp³-hybridized carbons (Fsp3) is 0.0952. The van der Waals surface area contributed by atoms with Crippen molar-refractivity contribution in [3.8, 4) is 0 Å². The topological polar surface area (TPSA) is 32.3 Å². The maximum absolute atomic E-state index is 14.6. The van der Waals surface area contributed by atoms with Crippen molar-refractivity contribution in [3.05, 3.63) is 89.2 Å². The van der Waals surface area contributed by atoms with Crippen molar-refractivity contribution in [1.29, 1.82) is 0 Å². The number of nitrogens with one attached hydrogen (secondary N) is 1. The standard InChI is InChI=1S/C21H14F6N2O/c1-29(17-8-3-2-5-13(17)21(25,26)27)18-10-9-12(11-16(18)24)28-20(30)19-14(22)6-4-7-15(19)23/h2-11H,1H3,(H,28,30). The molecule has 0 saturated heterocycles. The first-order valence-corrected chi connectivity index (χ1v) is 8.54. The summed E-state index contributed by atoms with van der Waals surface area (Å²) < 4.78 is 81.7. The molecule has 9 heteroatoms. The second-order valence-electron chi connectivity index (χ2n) is 6.29. The number of hydrogen-bond donors (Lipinski definition) is 1. The largest absolute Gasteiger partial charge is 0.418 e. The van der Waals surface area contributed by atoms with Crippen LogP contribution in [0.2, 0.25) is 0 Å². The van der Waals surface area contributed by atoms with Gasteiger partial charge in [0.2, 0.25) is 0 Å². The maximum Gasteiger partial charge on any atom is 0.418 e. The lowest BCUT2D eigenvalue weighted by Gasteiger charge is -2.24. The first kappa shape index (κ1) is 21.2. The van der Waals surface area contributed by atoms with Gasteiger partial charge in [0.05, 0.1) is 16.9 Å². The molecule has 156 valence electrons. The Balaban J connectivity index is 1.89. The van der Waals surface area contributed by atoms with Crippen LogP contribution in [0, 0.1) is 17.5 Å². The molecule has 0 atom stereocenters. The van der Waals surface area contributed by atoms with Gasteiger partial charge >= 0.3 is 6.18 Å². The van der Waals surface area contributed by atoms with Crippen molar-refractivity contribution >= 4 is 23.0 Å². The molecule has 3 aromatic rings. The fourth-order valence-electron chi connectivity index (χ4n) is 2.90. The van der Waals surface area contributed by atoms with Crippen LogP contribution in [0.4, 0.5) is 43.4 Å². The Labute approximate surface area is 167 Å². The van der Waals surface area contributed by atoms with Gasteiger partial charge in [-0.15, -0.1) is 0 Å². The summed E-state index contributed by atoms with van der Waals surface area (Å²) in [4.78, 5) is 13.1. The van der Waals surface area contributed by atoms with E-state index in [1.807, 2.05) is 0 Å². The van der Waals surface area contributed by atoms with Gasteiger partial charge in [-0.2, -0.15) is 13.2 Å². The summed E-state index contributed by atoms with van der Waals surface area (Å²) in [6.07, 6.45) is -4.64. The summed E-state index contributed by atoms with van der Waals surface area (Å²) in [5, 5.41) is 2.16. The summed E-state index contributed by atoms with van der Waals surface area (Å²) in [5.41, 5.74) is -2.37. The van der Waals surface area contributed by atoms with Crippen LogP contribution >= 0.6 is 0 Å². The molecule has 3 nitrogen and oxygen atoms in total. The van der Waals surface area contributed by atoms with E-state index in [1.165, 1.54) is 31.3 Å². The number of anilines is 3. The third-order valence-electron chi connectivity index (χ3n) is 4.33. The van der Waals surface area contributed by atoms with Crippen molar-refractivity contribution in [2.45, 2.75) is 6.18 Å². The van der Waals surface area contributed by atoms with Crippen molar-refractivity contribution in [3.63, 3.8) is 0 Å². The summed E-state index contributed by atoms with van der Waals surface area (Å²) >= 11 is 0. The van der Waals surface area contributed by atoms with Crippen molar-refractivity contribution < 1.29 is 31.1 Å². The molecule has 3 aromatic carbocycles. The van der Waals surface area contributed by atoms with Gasteiger partial charge in [0.25, 0.3) is 5.91 Å². The first-order valence-electron chi connectivity index (χ1n) is 8.54. The summed E-state index contributed by atoms with van der Waals surface area (Å²) in [6.45, 7) is 0. The molecule has 0 saturated carbocycles. The minimum atomic E-state index is -4.64. The zero-order chi connectivity index (χ0) is 22.1. The monoisotopic (exact) mass is 424 g/mol. The normalized spacial score (nSPS) is 11.3. The maximum atomic E-state index is 14.6. The fourth-order valence-corrected chi connectivity index (χ4v) is 2.90. The highest BCUT2D eigenvalue weighted by Gasteiger charge is 2.34. The Morgan fingerprint density at radius 1 is 0.833 bits per heavy atom. The number of hydrogen-bond acceptors (Lipinski definition) is 2. The predicted octanol–water partition coefficient (Wildman–Crippen LogP) is 6.14. The number of alkyl halides is 3. The lowest BCUT2D eigenvalue weighted by atomic mass is 10.1. The van der Waals surface area contributed by atoms with Gasteiger partial charge in [-0.1, -0.05) is 18.2 Å². The Kier molecular flexibility index (Phi) is 5.73. The van der Waals surface area contributed by atoms with Crippen LogP contribution in [0.3, 0.4) is 0 Å².